The lowest BCUT2D eigenvalue weighted by Crippen LogP contribution is -2.62. The van der Waals surface area contributed by atoms with E-state index in [-0.39, 0.29) is 53.9 Å². The van der Waals surface area contributed by atoms with Gasteiger partial charge in [0.2, 0.25) is 5.91 Å². The summed E-state index contributed by atoms with van der Waals surface area (Å²) in [5.41, 5.74) is 6.04. The van der Waals surface area contributed by atoms with E-state index in [0.29, 0.717) is 5.69 Å². The molecule has 5 N–H and O–H groups in total. The zero-order valence-corrected chi connectivity index (χ0v) is 16.2. The van der Waals surface area contributed by atoms with Crippen LogP contribution in [-0.4, -0.2) is 63.2 Å². The van der Waals surface area contributed by atoms with E-state index in [1.54, 1.807) is 30.2 Å². The minimum Gasteiger partial charge on any atom is -0.535 e. The molecule has 3 aliphatic rings. The number of ether oxygens (including phenoxy) is 1. The Bertz CT molecular complexity index is 1020. The number of hydrogen-bond acceptors (Lipinski definition) is 7. The van der Waals surface area contributed by atoms with Crippen LogP contribution in [0, 0.1) is 0 Å². The molecule has 2 aliphatic heterocycles. The molecule has 5 rings (SSSR count). The summed E-state index contributed by atoms with van der Waals surface area (Å²) in [5, 5.41) is 19.8. The second-order valence-electron chi connectivity index (χ2n) is 8.28. The molecule has 0 bridgehead atoms. The molecule has 30 heavy (non-hydrogen) atoms. The number of amides is 1. The van der Waals surface area contributed by atoms with Gasteiger partial charge in [0, 0.05) is 12.0 Å². The van der Waals surface area contributed by atoms with Crippen molar-refractivity contribution in [3.05, 3.63) is 41.5 Å². The molecule has 1 aromatic carbocycles. The highest BCUT2D eigenvalue weighted by Gasteiger charge is 2.54. The summed E-state index contributed by atoms with van der Waals surface area (Å²) in [5.74, 6) is -0.994. The highest BCUT2D eigenvalue weighted by Crippen LogP contribution is 2.60. The third-order valence-corrected chi connectivity index (χ3v) is 6.11. The van der Waals surface area contributed by atoms with Crippen molar-refractivity contribution < 1.29 is 29.1 Å². The summed E-state index contributed by atoms with van der Waals surface area (Å²) in [6.07, 6.45) is 3.45. The Hall–Kier alpha value is -3.05. The van der Waals surface area contributed by atoms with Gasteiger partial charge in [-0.3, -0.25) is 4.79 Å². The van der Waals surface area contributed by atoms with E-state index in [9.17, 15) is 19.7 Å². The largest absolute Gasteiger partial charge is 0.535 e. The van der Waals surface area contributed by atoms with Gasteiger partial charge in [0.1, 0.15) is 28.7 Å². The Labute approximate surface area is 172 Å². The van der Waals surface area contributed by atoms with Crippen molar-refractivity contribution in [1.82, 2.24) is 14.9 Å². The number of nitrogens with zero attached hydrogens (tertiary/aromatic N) is 2. The highest BCUT2D eigenvalue weighted by atomic mass is 16.5. The number of aromatic nitrogens is 2. The number of benzene rings is 1. The van der Waals surface area contributed by atoms with Gasteiger partial charge in [0.05, 0.1) is 25.1 Å². The van der Waals surface area contributed by atoms with Crippen LogP contribution in [0.1, 0.15) is 40.9 Å². The molecule has 0 radical (unpaired) electrons. The fourth-order valence-electron chi connectivity index (χ4n) is 4.24. The summed E-state index contributed by atoms with van der Waals surface area (Å²) in [7, 11) is -1.00. The molecule has 2 aromatic rings. The average Bonchev–Trinajstić information content (AvgIpc) is 3.28. The van der Waals surface area contributed by atoms with Crippen LogP contribution in [0.25, 0.3) is 0 Å². The van der Waals surface area contributed by atoms with E-state index in [4.69, 9.17) is 15.1 Å². The summed E-state index contributed by atoms with van der Waals surface area (Å²) in [6.45, 7) is 2.15. The van der Waals surface area contributed by atoms with Crippen molar-refractivity contribution in [1.29, 1.82) is 0 Å². The molecule has 10 nitrogen and oxygen atoms in total. The molecule has 2 fully saturated rings. The molecule has 1 amide bonds. The molecular weight excluding hydrogens is 391 g/mol. The molecule has 3 atom stereocenters. The number of hydrogen-bond donors (Lipinski definition) is 4. The van der Waals surface area contributed by atoms with Crippen LogP contribution < -0.4 is 15.1 Å². The topological polar surface area (TPSA) is 151 Å². The fourth-order valence-corrected chi connectivity index (χ4v) is 4.24. The Morgan fingerprint density at radius 3 is 2.87 bits per heavy atom. The normalized spacial score (nSPS) is 24.1. The molecular formula is C19H21BN4O6. The Kier molecular flexibility index (Phi) is 4.09. The first-order valence-electron chi connectivity index (χ1n) is 9.76. The van der Waals surface area contributed by atoms with Crippen LogP contribution in [0.2, 0.25) is 5.82 Å². The molecule has 3 heterocycles. The Balaban J connectivity index is 1.31. The lowest BCUT2D eigenvalue weighted by molar-refractivity contribution is -0.145. The predicted molar refractivity (Wildman–Crippen MR) is 104 cm³/mol. The lowest BCUT2D eigenvalue weighted by atomic mass is 9.77. The van der Waals surface area contributed by atoms with Gasteiger partial charge in [-0.05, 0) is 30.9 Å². The minimum atomic E-state index is -1.27. The van der Waals surface area contributed by atoms with Crippen LogP contribution in [0.5, 0.6) is 11.5 Å². The first-order valence-corrected chi connectivity index (χ1v) is 9.76. The second-order valence-corrected chi connectivity index (χ2v) is 8.28. The minimum absolute atomic E-state index is 0.0252. The molecule has 1 aliphatic carbocycles. The predicted octanol–water partition coefficient (Wildman–Crippen LogP) is 0.302. The summed E-state index contributed by atoms with van der Waals surface area (Å²) < 4.78 is 11.4. The van der Waals surface area contributed by atoms with Gasteiger partial charge in [0.25, 0.3) is 0 Å². The number of imidazole rings is 1. The van der Waals surface area contributed by atoms with Gasteiger partial charge in [-0.15, -0.1) is 0 Å². The van der Waals surface area contributed by atoms with E-state index in [1.807, 2.05) is 0 Å². The molecule has 11 heteroatoms. The first kappa shape index (κ1) is 19.0. The van der Waals surface area contributed by atoms with E-state index in [1.165, 1.54) is 6.33 Å². The molecule has 1 unspecified atom stereocenters. The zero-order chi connectivity index (χ0) is 21.2. The van der Waals surface area contributed by atoms with Gasteiger partial charge in [0.15, 0.2) is 0 Å². The van der Waals surface area contributed by atoms with E-state index in [2.05, 4.69) is 9.97 Å². The van der Waals surface area contributed by atoms with Gasteiger partial charge in [-0.2, -0.15) is 0 Å². The number of aromatic amines is 1. The molecule has 1 saturated carbocycles. The van der Waals surface area contributed by atoms with E-state index < -0.39 is 18.6 Å². The maximum atomic E-state index is 12.7. The number of likely N-dealkylation sites (tertiary alicyclic amines) is 1. The van der Waals surface area contributed by atoms with Crippen molar-refractivity contribution in [2.45, 2.75) is 36.7 Å². The number of carbonyl (C=O) groups excluding carboxylic acids is 1. The second kappa shape index (κ2) is 6.48. The lowest BCUT2D eigenvalue weighted by Gasteiger charge is -2.42. The highest BCUT2D eigenvalue weighted by molar-refractivity contribution is 6.48. The first-order chi connectivity index (χ1) is 14.3. The van der Waals surface area contributed by atoms with E-state index >= 15 is 0 Å². The Morgan fingerprint density at radius 2 is 2.20 bits per heavy atom. The van der Waals surface area contributed by atoms with Crippen LogP contribution in [0.15, 0.2) is 24.7 Å². The standard InChI is InChI=1S/C19H21BN4O6/c1-19(21,14-5-22-8-23-14)18(27)24-6-9(7-24)29-13-3-2-10-11-4-12(11)20(28)30-16(10)15(13)17(25)26/h2-3,5,8-9,11-12,28H,4,6-7,21H2,1H3,(H,22,23)(H,25,26)/t11-,12-,19?/m1/s1. The molecule has 1 saturated heterocycles. The molecule has 1 aromatic heterocycles. The maximum absolute atomic E-state index is 12.7. The fraction of sp³-hybridized carbons (Fsp3) is 0.421. The number of fused-ring (bicyclic) bond motifs is 3. The molecule has 0 spiro atoms. The van der Waals surface area contributed by atoms with Crippen LogP contribution >= 0.6 is 0 Å². The number of nitrogens with one attached hydrogen (secondary N) is 1. The van der Waals surface area contributed by atoms with Crippen LogP contribution in [0.3, 0.4) is 0 Å². The van der Waals surface area contributed by atoms with Gasteiger partial charge >= 0.3 is 13.1 Å². The number of H-pyrrole nitrogens is 1. The number of carboxylic acids is 1. The summed E-state index contributed by atoms with van der Waals surface area (Å²) in [6, 6.07) is 3.42. The van der Waals surface area contributed by atoms with Gasteiger partial charge in [-0.25, -0.2) is 9.78 Å². The van der Waals surface area contributed by atoms with Crippen LogP contribution in [0.4, 0.5) is 0 Å². The van der Waals surface area contributed by atoms with E-state index in [0.717, 1.165) is 12.0 Å². The summed E-state index contributed by atoms with van der Waals surface area (Å²) in [4.78, 5) is 33.0. The van der Waals surface area contributed by atoms with Crippen molar-refractivity contribution >= 4 is 19.0 Å². The molecule has 156 valence electrons. The maximum Gasteiger partial charge on any atom is 0.526 e. The zero-order valence-electron chi connectivity index (χ0n) is 16.2. The monoisotopic (exact) mass is 412 g/mol. The number of rotatable bonds is 5. The summed E-state index contributed by atoms with van der Waals surface area (Å²) >= 11 is 0. The van der Waals surface area contributed by atoms with Gasteiger partial charge < -0.3 is 35.1 Å². The quantitative estimate of drug-likeness (QED) is 0.512. The average molecular weight is 412 g/mol. The number of carbonyl (C=O) groups is 2. The van der Waals surface area contributed by atoms with Crippen LogP contribution in [-0.2, 0) is 10.3 Å². The third kappa shape index (κ3) is 2.84. The smallest absolute Gasteiger partial charge is 0.526 e. The van der Waals surface area contributed by atoms with Crippen molar-refractivity contribution in [3.8, 4) is 11.5 Å². The number of carboxylic acid groups (broad SMARTS) is 1. The van der Waals surface area contributed by atoms with Crippen molar-refractivity contribution in [2.24, 2.45) is 5.73 Å². The Morgan fingerprint density at radius 1 is 1.43 bits per heavy atom. The van der Waals surface area contributed by atoms with Crippen molar-refractivity contribution in [2.75, 3.05) is 13.1 Å². The third-order valence-electron chi connectivity index (χ3n) is 6.11. The number of nitrogens with two attached hydrogens (primary N) is 1. The SMILES string of the molecule is CC(N)(C(=O)N1CC(Oc2ccc3c(c2C(=O)O)OB(O)[C@@H]2C[C@H]32)C1)c1c[nH]cn1. The van der Waals surface area contributed by atoms with Crippen molar-refractivity contribution in [3.63, 3.8) is 0 Å². The van der Waals surface area contributed by atoms with Gasteiger partial charge in [-0.1, -0.05) is 6.07 Å². The number of aromatic carboxylic acids is 1.